The fraction of sp³-hybridized carbons (Fsp3) is 0.364. The Morgan fingerprint density at radius 1 is 1.33 bits per heavy atom. The van der Waals surface area contributed by atoms with Gasteiger partial charge < -0.3 is 14.6 Å². The molecule has 0 atom stereocenters. The summed E-state index contributed by atoms with van der Waals surface area (Å²) in [6.07, 6.45) is 0. The molecule has 0 unspecified atom stereocenters. The first kappa shape index (κ1) is 11.7. The van der Waals surface area contributed by atoms with Gasteiger partial charge in [-0.2, -0.15) is 0 Å². The predicted octanol–water partition coefficient (Wildman–Crippen LogP) is 0.773. The Hall–Kier alpha value is -1.39. The van der Waals surface area contributed by atoms with Crippen molar-refractivity contribution in [2.75, 3.05) is 20.3 Å². The van der Waals surface area contributed by atoms with Crippen molar-refractivity contribution in [1.29, 1.82) is 0 Å². The molecule has 0 heterocycles. The predicted molar refractivity (Wildman–Crippen MR) is 54.7 cm³/mol. The van der Waals surface area contributed by atoms with Gasteiger partial charge in [-0.25, -0.2) is 0 Å². The second-order valence-electron chi connectivity index (χ2n) is 3.03. The standard InChI is InChI=1S/C11H14O4/c1-14-7-10(13)8-15-11-5-3-2-4-9(11)6-12/h2-5,12H,6-8H2,1H3. The Balaban J connectivity index is 2.53. The molecule has 0 amide bonds. The SMILES string of the molecule is COCC(=O)COc1ccccc1CO. The van der Waals surface area contributed by atoms with E-state index >= 15 is 0 Å². The summed E-state index contributed by atoms with van der Waals surface area (Å²) in [5.74, 6) is 0.398. The van der Waals surface area contributed by atoms with Crippen LogP contribution in [0.3, 0.4) is 0 Å². The van der Waals surface area contributed by atoms with E-state index in [-0.39, 0.29) is 25.6 Å². The van der Waals surface area contributed by atoms with E-state index in [9.17, 15) is 4.79 Å². The number of methoxy groups -OCH3 is 1. The largest absolute Gasteiger partial charge is 0.485 e. The lowest BCUT2D eigenvalue weighted by Crippen LogP contribution is -2.16. The molecule has 1 N–H and O–H groups in total. The molecule has 0 bridgehead atoms. The van der Waals surface area contributed by atoms with Crippen LogP contribution >= 0.6 is 0 Å². The number of aliphatic hydroxyl groups is 1. The molecule has 4 heteroatoms. The van der Waals surface area contributed by atoms with Gasteiger partial charge in [0.2, 0.25) is 0 Å². The third kappa shape index (κ3) is 3.69. The summed E-state index contributed by atoms with van der Waals surface area (Å²) in [5.41, 5.74) is 0.669. The first-order valence-corrected chi connectivity index (χ1v) is 4.60. The lowest BCUT2D eigenvalue weighted by molar-refractivity contribution is -0.124. The molecule has 15 heavy (non-hydrogen) atoms. The van der Waals surface area contributed by atoms with Gasteiger partial charge in [0.25, 0.3) is 0 Å². The molecule has 0 aliphatic carbocycles. The van der Waals surface area contributed by atoms with Gasteiger partial charge in [0.1, 0.15) is 19.0 Å². The van der Waals surface area contributed by atoms with E-state index in [1.165, 1.54) is 7.11 Å². The zero-order valence-corrected chi connectivity index (χ0v) is 8.60. The number of hydrogen-bond donors (Lipinski definition) is 1. The molecule has 0 aliphatic heterocycles. The number of ether oxygens (including phenoxy) is 2. The minimum Gasteiger partial charge on any atom is -0.485 e. The highest BCUT2D eigenvalue weighted by Crippen LogP contribution is 2.17. The minimum atomic E-state index is -0.134. The van der Waals surface area contributed by atoms with Crippen molar-refractivity contribution in [1.82, 2.24) is 0 Å². The number of aliphatic hydroxyl groups excluding tert-OH is 1. The van der Waals surface area contributed by atoms with Gasteiger partial charge in [-0.15, -0.1) is 0 Å². The van der Waals surface area contributed by atoms with Crippen molar-refractivity contribution in [3.8, 4) is 5.75 Å². The molecule has 1 aromatic rings. The number of hydrogen-bond acceptors (Lipinski definition) is 4. The number of rotatable bonds is 6. The Morgan fingerprint density at radius 2 is 2.07 bits per heavy atom. The van der Waals surface area contributed by atoms with Crippen molar-refractivity contribution in [3.05, 3.63) is 29.8 Å². The highest BCUT2D eigenvalue weighted by molar-refractivity contribution is 5.81. The van der Waals surface area contributed by atoms with Gasteiger partial charge in [-0.3, -0.25) is 4.79 Å². The van der Waals surface area contributed by atoms with E-state index in [0.29, 0.717) is 11.3 Å². The van der Waals surface area contributed by atoms with Crippen LogP contribution in [0.4, 0.5) is 0 Å². The summed E-state index contributed by atoms with van der Waals surface area (Å²) in [4.78, 5) is 11.1. The van der Waals surface area contributed by atoms with E-state index in [1.54, 1.807) is 24.3 Å². The number of benzene rings is 1. The third-order valence-electron chi connectivity index (χ3n) is 1.84. The number of carbonyl (C=O) groups excluding carboxylic acids is 1. The van der Waals surface area contributed by atoms with Gasteiger partial charge in [-0.1, -0.05) is 18.2 Å². The van der Waals surface area contributed by atoms with Crippen molar-refractivity contribution >= 4 is 5.78 Å². The molecule has 82 valence electrons. The van der Waals surface area contributed by atoms with E-state index in [2.05, 4.69) is 4.74 Å². The zero-order chi connectivity index (χ0) is 11.1. The monoisotopic (exact) mass is 210 g/mol. The van der Waals surface area contributed by atoms with Crippen LogP contribution in [0.15, 0.2) is 24.3 Å². The molecule has 0 spiro atoms. The van der Waals surface area contributed by atoms with Crippen LogP contribution in [-0.2, 0) is 16.1 Å². The van der Waals surface area contributed by atoms with E-state index in [1.807, 2.05) is 0 Å². The smallest absolute Gasteiger partial charge is 0.195 e. The maximum atomic E-state index is 11.1. The van der Waals surface area contributed by atoms with Gasteiger partial charge in [0.15, 0.2) is 5.78 Å². The fourth-order valence-corrected chi connectivity index (χ4v) is 1.14. The van der Waals surface area contributed by atoms with Gasteiger partial charge in [0, 0.05) is 12.7 Å². The fourth-order valence-electron chi connectivity index (χ4n) is 1.14. The minimum absolute atomic E-state index is 0.0369. The lowest BCUT2D eigenvalue weighted by Gasteiger charge is -2.08. The van der Waals surface area contributed by atoms with Gasteiger partial charge in [0.05, 0.1) is 6.61 Å². The Morgan fingerprint density at radius 3 is 2.73 bits per heavy atom. The van der Waals surface area contributed by atoms with Crippen molar-refractivity contribution in [3.63, 3.8) is 0 Å². The average molecular weight is 210 g/mol. The van der Waals surface area contributed by atoms with E-state index in [4.69, 9.17) is 9.84 Å². The van der Waals surface area contributed by atoms with Crippen molar-refractivity contribution < 1.29 is 19.4 Å². The third-order valence-corrected chi connectivity index (χ3v) is 1.84. The van der Waals surface area contributed by atoms with Crippen LogP contribution in [0.5, 0.6) is 5.75 Å². The first-order chi connectivity index (χ1) is 7.27. The van der Waals surface area contributed by atoms with Crippen LogP contribution in [0.2, 0.25) is 0 Å². The number of para-hydroxylation sites is 1. The lowest BCUT2D eigenvalue weighted by atomic mass is 10.2. The number of ketones is 1. The number of Topliss-reactive ketones (excluding diaryl/α,β-unsaturated/α-hetero) is 1. The summed E-state index contributed by atoms with van der Waals surface area (Å²) in [7, 11) is 1.46. The maximum absolute atomic E-state index is 11.1. The zero-order valence-electron chi connectivity index (χ0n) is 8.60. The second kappa shape index (κ2) is 6.16. The molecule has 0 fully saturated rings. The number of carbonyl (C=O) groups is 1. The topological polar surface area (TPSA) is 55.8 Å². The van der Waals surface area contributed by atoms with E-state index in [0.717, 1.165) is 0 Å². The molecule has 0 aliphatic rings. The van der Waals surface area contributed by atoms with Gasteiger partial charge in [-0.05, 0) is 6.07 Å². The first-order valence-electron chi connectivity index (χ1n) is 4.60. The van der Waals surface area contributed by atoms with Crippen LogP contribution in [0.25, 0.3) is 0 Å². The summed E-state index contributed by atoms with van der Waals surface area (Å²) < 4.78 is 9.92. The van der Waals surface area contributed by atoms with Crippen LogP contribution < -0.4 is 4.74 Å². The Kier molecular flexibility index (Phi) is 4.80. The van der Waals surface area contributed by atoms with Crippen LogP contribution in [0, 0.1) is 0 Å². The quantitative estimate of drug-likeness (QED) is 0.753. The summed E-state index contributed by atoms with van der Waals surface area (Å²) >= 11 is 0. The highest BCUT2D eigenvalue weighted by atomic mass is 16.5. The Bertz CT molecular complexity index is 322. The molecule has 4 nitrogen and oxygen atoms in total. The normalized spacial score (nSPS) is 10.0. The molecule has 1 rings (SSSR count). The molecule has 0 saturated heterocycles. The van der Waals surface area contributed by atoms with Crippen LogP contribution in [0.1, 0.15) is 5.56 Å². The molecular weight excluding hydrogens is 196 g/mol. The summed E-state index contributed by atoms with van der Waals surface area (Å²) in [5, 5.41) is 9.00. The second-order valence-corrected chi connectivity index (χ2v) is 3.03. The van der Waals surface area contributed by atoms with Gasteiger partial charge >= 0.3 is 0 Å². The molecule has 0 saturated carbocycles. The average Bonchev–Trinajstić information content (AvgIpc) is 2.27. The molecule has 0 aromatic heterocycles. The van der Waals surface area contributed by atoms with Crippen molar-refractivity contribution in [2.45, 2.75) is 6.61 Å². The molecule has 0 radical (unpaired) electrons. The van der Waals surface area contributed by atoms with Crippen molar-refractivity contribution in [2.24, 2.45) is 0 Å². The maximum Gasteiger partial charge on any atom is 0.195 e. The molecular formula is C11H14O4. The Labute approximate surface area is 88.4 Å². The summed E-state index contributed by atoms with van der Waals surface area (Å²) in [6.45, 7) is -0.0964. The highest BCUT2D eigenvalue weighted by Gasteiger charge is 2.05. The summed E-state index contributed by atoms with van der Waals surface area (Å²) in [6, 6.07) is 7.05. The van der Waals surface area contributed by atoms with Crippen LogP contribution in [-0.4, -0.2) is 31.2 Å². The molecule has 1 aromatic carbocycles. The van der Waals surface area contributed by atoms with E-state index < -0.39 is 0 Å².